The van der Waals surface area contributed by atoms with E-state index in [0.29, 0.717) is 11.4 Å². The summed E-state index contributed by atoms with van der Waals surface area (Å²) >= 11 is 0. The highest BCUT2D eigenvalue weighted by Crippen LogP contribution is 2.01. The lowest BCUT2D eigenvalue weighted by molar-refractivity contribution is 0.613. The molecule has 0 aliphatic carbocycles. The molecule has 1 aromatic heterocycles. The maximum Gasteiger partial charge on any atom is 0.145 e. The predicted molar refractivity (Wildman–Crippen MR) is 42.7 cm³/mol. The summed E-state index contributed by atoms with van der Waals surface area (Å²) in [6.45, 7) is 0. The number of nitrogens with two attached hydrogens (primary N) is 1. The van der Waals surface area contributed by atoms with Gasteiger partial charge in [0, 0.05) is 0 Å². The second-order valence-electron chi connectivity index (χ2n) is 2.07. The van der Waals surface area contributed by atoms with Crippen LogP contribution in [-0.2, 0) is 16.5 Å². The van der Waals surface area contributed by atoms with E-state index >= 15 is 0 Å². The van der Waals surface area contributed by atoms with E-state index in [2.05, 4.69) is 4.98 Å². The maximum absolute atomic E-state index is 10.2. The lowest BCUT2D eigenvalue weighted by Gasteiger charge is -1.93. The van der Waals surface area contributed by atoms with Gasteiger partial charge in [0.1, 0.15) is 10.7 Å². The Morgan fingerprint density at radius 2 is 2.18 bits per heavy atom. The number of thiol groups is 1. The average Bonchev–Trinajstić information content (AvgIpc) is 1.93. The first-order valence-corrected chi connectivity index (χ1v) is 4.37. The fraction of sp³-hybridized carbons (Fsp3) is 0.167. The molecule has 4 nitrogen and oxygen atoms in total. The topological polar surface area (TPSA) is 73.1 Å². The van der Waals surface area contributed by atoms with Gasteiger partial charge in [-0.3, -0.25) is 4.98 Å². The largest absolute Gasteiger partial charge is 0.397 e. The van der Waals surface area contributed by atoms with E-state index in [1.165, 1.54) is 6.20 Å². The molecule has 1 heterocycles. The monoisotopic (exact) mass is 172 g/mol. The van der Waals surface area contributed by atoms with Gasteiger partial charge in [0.05, 0.1) is 23.3 Å². The Morgan fingerprint density at radius 1 is 1.45 bits per heavy atom. The maximum atomic E-state index is 10.2. The second kappa shape index (κ2) is 3.34. The third kappa shape index (κ3) is 2.55. The van der Waals surface area contributed by atoms with Crippen molar-refractivity contribution in [2.24, 2.45) is 0 Å². The van der Waals surface area contributed by atoms with Crippen molar-refractivity contribution in [2.45, 2.75) is 5.75 Å². The van der Waals surface area contributed by atoms with Gasteiger partial charge in [-0.2, -0.15) is 0 Å². The summed E-state index contributed by atoms with van der Waals surface area (Å²) in [7, 11) is -2.39. The first-order valence-electron chi connectivity index (χ1n) is 3.00. The minimum atomic E-state index is -2.39. The number of aromatic nitrogens is 1. The van der Waals surface area contributed by atoms with Crippen LogP contribution in [0.4, 0.5) is 5.69 Å². The standard InChI is InChI=1S/C6H8N2O2S/c7-5-1-2-6(8-3-5)4-11(9)10/h1-3,11H,4,7H2. The first-order chi connectivity index (χ1) is 5.18. The third-order valence-corrected chi connectivity index (χ3v) is 1.72. The zero-order valence-corrected chi connectivity index (χ0v) is 6.62. The molecule has 11 heavy (non-hydrogen) atoms. The lowest BCUT2D eigenvalue weighted by Crippen LogP contribution is -1.92. The number of nitrogen functional groups attached to an aromatic ring is 1. The Labute approximate surface area is 66.0 Å². The molecule has 0 spiro atoms. The molecular weight excluding hydrogens is 164 g/mol. The summed E-state index contributed by atoms with van der Waals surface area (Å²) in [6, 6.07) is 3.22. The SMILES string of the molecule is Nc1ccc(C[SH](=O)=O)nc1. The van der Waals surface area contributed by atoms with Gasteiger partial charge in [-0.15, -0.1) is 0 Å². The molecule has 0 saturated carbocycles. The summed E-state index contributed by atoms with van der Waals surface area (Å²) in [5.74, 6) is -0.0182. The van der Waals surface area contributed by atoms with Crippen LogP contribution in [0.15, 0.2) is 18.3 Å². The molecule has 1 aromatic rings. The molecular formula is C6H8N2O2S. The van der Waals surface area contributed by atoms with Crippen LogP contribution >= 0.6 is 0 Å². The number of hydrogen-bond donors (Lipinski definition) is 2. The summed E-state index contributed by atoms with van der Waals surface area (Å²) in [6.07, 6.45) is 1.44. The van der Waals surface area contributed by atoms with Crippen molar-refractivity contribution in [1.82, 2.24) is 4.98 Å². The normalized spacial score (nSPS) is 10.3. The number of pyridine rings is 1. The Balaban J connectivity index is 2.82. The van der Waals surface area contributed by atoms with E-state index in [1.54, 1.807) is 12.1 Å². The van der Waals surface area contributed by atoms with E-state index in [4.69, 9.17) is 5.73 Å². The minimum Gasteiger partial charge on any atom is -0.397 e. The van der Waals surface area contributed by atoms with Crippen LogP contribution in [0, 0.1) is 0 Å². The van der Waals surface area contributed by atoms with Crippen molar-refractivity contribution in [3.05, 3.63) is 24.0 Å². The smallest absolute Gasteiger partial charge is 0.145 e. The van der Waals surface area contributed by atoms with Gasteiger partial charge in [-0.25, -0.2) is 8.42 Å². The van der Waals surface area contributed by atoms with Gasteiger partial charge in [-0.1, -0.05) is 0 Å². The van der Waals surface area contributed by atoms with Crippen LogP contribution in [0.2, 0.25) is 0 Å². The Morgan fingerprint density at radius 3 is 2.64 bits per heavy atom. The number of anilines is 1. The highest BCUT2D eigenvalue weighted by molar-refractivity contribution is 7.71. The van der Waals surface area contributed by atoms with Crippen LogP contribution in [-0.4, -0.2) is 13.4 Å². The quantitative estimate of drug-likeness (QED) is 0.605. The number of nitrogens with zero attached hydrogens (tertiary/aromatic N) is 1. The highest BCUT2D eigenvalue weighted by Gasteiger charge is 1.93. The fourth-order valence-electron chi connectivity index (χ4n) is 0.662. The Bertz CT molecular complexity index is 297. The molecule has 0 bridgehead atoms. The van der Waals surface area contributed by atoms with Gasteiger partial charge in [-0.05, 0) is 12.1 Å². The molecule has 2 N–H and O–H groups in total. The fourth-order valence-corrected chi connectivity index (χ4v) is 1.11. The summed E-state index contributed by atoms with van der Waals surface area (Å²) in [5, 5.41) is 0. The second-order valence-corrected chi connectivity index (χ2v) is 3.06. The van der Waals surface area contributed by atoms with Gasteiger partial charge < -0.3 is 5.73 Å². The van der Waals surface area contributed by atoms with Crippen LogP contribution in [0.3, 0.4) is 0 Å². The van der Waals surface area contributed by atoms with Crippen molar-refractivity contribution in [1.29, 1.82) is 0 Å². The summed E-state index contributed by atoms with van der Waals surface area (Å²) in [4.78, 5) is 3.81. The molecule has 0 unspecified atom stereocenters. The number of hydrogen-bond acceptors (Lipinski definition) is 4. The molecule has 0 saturated heterocycles. The van der Waals surface area contributed by atoms with Crippen molar-refractivity contribution in [2.75, 3.05) is 5.73 Å². The molecule has 0 amide bonds. The summed E-state index contributed by atoms with van der Waals surface area (Å²) < 4.78 is 20.4. The van der Waals surface area contributed by atoms with Crippen molar-refractivity contribution in [3.63, 3.8) is 0 Å². The Hall–Kier alpha value is -1.10. The van der Waals surface area contributed by atoms with Gasteiger partial charge >= 0.3 is 0 Å². The minimum absolute atomic E-state index is 0.0182. The molecule has 0 aliphatic rings. The molecule has 1 rings (SSSR count). The molecule has 0 atom stereocenters. The van der Waals surface area contributed by atoms with Gasteiger partial charge in [0.2, 0.25) is 0 Å². The van der Waals surface area contributed by atoms with E-state index < -0.39 is 10.7 Å². The molecule has 5 heteroatoms. The van der Waals surface area contributed by atoms with E-state index in [0.717, 1.165) is 0 Å². The highest BCUT2D eigenvalue weighted by atomic mass is 32.2. The van der Waals surface area contributed by atoms with Crippen molar-refractivity contribution < 1.29 is 8.42 Å². The summed E-state index contributed by atoms with van der Waals surface area (Å²) in [5.41, 5.74) is 6.40. The van der Waals surface area contributed by atoms with Crippen molar-refractivity contribution >= 4 is 16.4 Å². The van der Waals surface area contributed by atoms with Crippen LogP contribution in [0.25, 0.3) is 0 Å². The molecule has 0 radical (unpaired) electrons. The average molecular weight is 172 g/mol. The predicted octanol–water partition coefficient (Wildman–Crippen LogP) is -0.225. The van der Waals surface area contributed by atoms with Crippen LogP contribution < -0.4 is 5.73 Å². The Kier molecular flexibility index (Phi) is 2.43. The van der Waals surface area contributed by atoms with Gasteiger partial charge in [0.25, 0.3) is 0 Å². The van der Waals surface area contributed by atoms with E-state index in [9.17, 15) is 8.42 Å². The first kappa shape index (κ1) is 8.00. The third-order valence-electron chi connectivity index (χ3n) is 1.14. The zero-order valence-electron chi connectivity index (χ0n) is 5.73. The lowest BCUT2D eigenvalue weighted by atomic mass is 10.3. The zero-order chi connectivity index (χ0) is 8.27. The van der Waals surface area contributed by atoms with E-state index in [1.807, 2.05) is 0 Å². The molecule has 0 fully saturated rings. The van der Waals surface area contributed by atoms with E-state index in [-0.39, 0.29) is 5.75 Å². The van der Waals surface area contributed by atoms with Gasteiger partial charge in [0.15, 0.2) is 0 Å². The molecule has 0 aliphatic heterocycles. The van der Waals surface area contributed by atoms with Crippen LogP contribution in [0.1, 0.15) is 5.69 Å². The van der Waals surface area contributed by atoms with Crippen molar-refractivity contribution in [3.8, 4) is 0 Å². The molecule has 60 valence electrons. The molecule has 0 aromatic carbocycles. The van der Waals surface area contributed by atoms with Crippen LogP contribution in [0.5, 0.6) is 0 Å². The number of rotatable bonds is 2.